The lowest BCUT2D eigenvalue weighted by atomic mass is 9.97. The van der Waals surface area contributed by atoms with Gasteiger partial charge in [0.2, 0.25) is 11.8 Å². The van der Waals surface area contributed by atoms with E-state index < -0.39 is 0 Å². The van der Waals surface area contributed by atoms with Crippen LogP contribution in [0.1, 0.15) is 31.2 Å². The number of nitrogens with zero attached hydrogens (tertiary/aromatic N) is 2. The number of likely N-dealkylation sites (tertiary alicyclic amines) is 1. The molecular weight excluding hydrogens is 304 g/mol. The number of hydrogen-bond donors (Lipinski definition) is 2. The summed E-state index contributed by atoms with van der Waals surface area (Å²) in [6, 6.07) is 3.73. The molecule has 6 heteroatoms. The minimum Gasteiger partial charge on any atom is -0.341 e. The van der Waals surface area contributed by atoms with Crippen LogP contribution in [-0.4, -0.2) is 47.9 Å². The zero-order valence-electron chi connectivity index (χ0n) is 14.3. The van der Waals surface area contributed by atoms with E-state index in [4.69, 9.17) is 0 Å². The van der Waals surface area contributed by atoms with E-state index in [1.165, 1.54) is 12.8 Å². The zero-order chi connectivity index (χ0) is 16.9. The van der Waals surface area contributed by atoms with Gasteiger partial charge >= 0.3 is 0 Å². The molecule has 6 nitrogen and oxygen atoms in total. The first kappa shape index (κ1) is 16.9. The predicted octanol–water partition coefficient (Wildman–Crippen LogP) is 1.57. The summed E-state index contributed by atoms with van der Waals surface area (Å²) >= 11 is 0. The van der Waals surface area contributed by atoms with E-state index in [-0.39, 0.29) is 17.7 Å². The maximum Gasteiger partial charge on any atom is 0.236 e. The highest BCUT2D eigenvalue weighted by atomic mass is 16.2. The van der Waals surface area contributed by atoms with Crippen LogP contribution in [0.4, 0.5) is 5.82 Å². The van der Waals surface area contributed by atoms with E-state index in [9.17, 15) is 9.59 Å². The molecule has 2 heterocycles. The van der Waals surface area contributed by atoms with Crippen molar-refractivity contribution in [3.63, 3.8) is 0 Å². The van der Waals surface area contributed by atoms with Gasteiger partial charge in [-0.1, -0.05) is 6.07 Å². The van der Waals surface area contributed by atoms with E-state index in [1.807, 2.05) is 17.9 Å². The van der Waals surface area contributed by atoms with Crippen molar-refractivity contribution in [2.75, 3.05) is 31.5 Å². The van der Waals surface area contributed by atoms with Crippen molar-refractivity contribution >= 4 is 17.6 Å². The maximum atomic E-state index is 12.4. The third-order valence-corrected chi connectivity index (χ3v) is 4.71. The van der Waals surface area contributed by atoms with Crippen molar-refractivity contribution in [1.29, 1.82) is 0 Å². The number of amides is 2. The van der Waals surface area contributed by atoms with Crippen molar-refractivity contribution < 1.29 is 9.59 Å². The molecule has 1 aliphatic heterocycles. The summed E-state index contributed by atoms with van der Waals surface area (Å²) in [7, 11) is 0. The quantitative estimate of drug-likeness (QED) is 0.830. The van der Waals surface area contributed by atoms with Crippen LogP contribution >= 0.6 is 0 Å². The average Bonchev–Trinajstić information content (AvgIpc) is 3.41. The molecule has 0 spiro atoms. The van der Waals surface area contributed by atoms with Gasteiger partial charge in [0.05, 0.1) is 12.5 Å². The fourth-order valence-corrected chi connectivity index (χ4v) is 3.00. The Hall–Kier alpha value is -1.95. The van der Waals surface area contributed by atoms with Crippen LogP contribution in [-0.2, 0) is 9.59 Å². The molecule has 130 valence electrons. The molecule has 0 bridgehead atoms. The third kappa shape index (κ3) is 4.77. The highest BCUT2D eigenvalue weighted by molar-refractivity contribution is 5.92. The SMILES string of the molecule is Cc1ccc(NC(=O)C2CCCN(C(=O)CNCC3CC3)C2)nc1. The second-order valence-corrected chi connectivity index (χ2v) is 6.96. The number of pyridine rings is 1. The number of aromatic nitrogens is 1. The molecule has 2 N–H and O–H groups in total. The number of carbonyl (C=O) groups excluding carboxylic acids is 2. The summed E-state index contributed by atoms with van der Waals surface area (Å²) in [4.78, 5) is 30.7. The number of piperidine rings is 1. The van der Waals surface area contributed by atoms with Gasteiger partial charge in [0.15, 0.2) is 0 Å². The van der Waals surface area contributed by atoms with Crippen molar-refractivity contribution in [2.24, 2.45) is 11.8 Å². The fourth-order valence-electron chi connectivity index (χ4n) is 3.00. The molecule has 1 unspecified atom stereocenters. The lowest BCUT2D eigenvalue weighted by Gasteiger charge is -2.32. The Morgan fingerprint density at radius 3 is 2.83 bits per heavy atom. The number of rotatable bonds is 6. The maximum absolute atomic E-state index is 12.4. The summed E-state index contributed by atoms with van der Waals surface area (Å²) in [6.45, 7) is 4.52. The second-order valence-electron chi connectivity index (χ2n) is 6.96. The topological polar surface area (TPSA) is 74.3 Å². The Morgan fingerprint density at radius 1 is 1.29 bits per heavy atom. The Balaban J connectivity index is 1.47. The molecule has 1 aromatic heterocycles. The van der Waals surface area contributed by atoms with Gasteiger partial charge in [0.25, 0.3) is 0 Å². The van der Waals surface area contributed by atoms with E-state index >= 15 is 0 Å². The lowest BCUT2D eigenvalue weighted by molar-refractivity contribution is -0.133. The smallest absolute Gasteiger partial charge is 0.236 e. The van der Waals surface area contributed by atoms with Crippen molar-refractivity contribution in [3.8, 4) is 0 Å². The summed E-state index contributed by atoms with van der Waals surface area (Å²) in [6.07, 6.45) is 5.98. The van der Waals surface area contributed by atoms with Crippen LogP contribution in [0.2, 0.25) is 0 Å². The molecule has 1 saturated heterocycles. The first-order valence-electron chi connectivity index (χ1n) is 8.84. The van der Waals surface area contributed by atoms with Crippen molar-refractivity contribution in [2.45, 2.75) is 32.6 Å². The molecule has 24 heavy (non-hydrogen) atoms. The van der Waals surface area contributed by atoms with Gasteiger partial charge in [-0.25, -0.2) is 4.98 Å². The van der Waals surface area contributed by atoms with Gasteiger partial charge in [-0.2, -0.15) is 0 Å². The summed E-state index contributed by atoms with van der Waals surface area (Å²) in [5.74, 6) is 1.23. The Labute approximate surface area is 143 Å². The number of aryl methyl sites for hydroxylation is 1. The molecule has 0 aromatic carbocycles. The van der Waals surface area contributed by atoms with Crippen LogP contribution in [0.15, 0.2) is 18.3 Å². The molecule has 3 rings (SSSR count). The van der Waals surface area contributed by atoms with E-state index in [0.29, 0.717) is 18.9 Å². The van der Waals surface area contributed by atoms with Crippen LogP contribution in [0.5, 0.6) is 0 Å². The van der Waals surface area contributed by atoms with Crippen LogP contribution < -0.4 is 10.6 Å². The number of hydrogen-bond acceptors (Lipinski definition) is 4. The van der Waals surface area contributed by atoms with E-state index in [1.54, 1.807) is 12.3 Å². The lowest BCUT2D eigenvalue weighted by Crippen LogP contribution is -2.46. The number of carbonyl (C=O) groups is 2. The van der Waals surface area contributed by atoms with Gasteiger partial charge in [-0.05, 0) is 56.7 Å². The van der Waals surface area contributed by atoms with Crippen molar-refractivity contribution in [3.05, 3.63) is 23.9 Å². The van der Waals surface area contributed by atoms with Crippen LogP contribution in [0, 0.1) is 18.8 Å². The molecular formula is C18H26N4O2. The third-order valence-electron chi connectivity index (χ3n) is 4.71. The second kappa shape index (κ2) is 7.75. The largest absolute Gasteiger partial charge is 0.341 e. The van der Waals surface area contributed by atoms with Crippen molar-refractivity contribution in [1.82, 2.24) is 15.2 Å². The normalized spacial score (nSPS) is 20.7. The molecule has 2 fully saturated rings. The highest BCUT2D eigenvalue weighted by Crippen LogP contribution is 2.27. The zero-order valence-corrected chi connectivity index (χ0v) is 14.3. The van der Waals surface area contributed by atoms with E-state index in [0.717, 1.165) is 37.4 Å². The average molecular weight is 330 g/mol. The van der Waals surface area contributed by atoms with Gasteiger partial charge in [0, 0.05) is 19.3 Å². The number of anilines is 1. The summed E-state index contributed by atoms with van der Waals surface area (Å²) in [5.41, 5.74) is 1.06. The molecule has 1 aromatic rings. The Bertz CT molecular complexity index is 583. The molecule has 1 saturated carbocycles. The molecule has 2 aliphatic rings. The van der Waals surface area contributed by atoms with E-state index in [2.05, 4.69) is 15.6 Å². The molecule has 1 atom stereocenters. The minimum atomic E-state index is -0.158. The first-order valence-corrected chi connectivity index (χ1v) is 8.84. The predicted molar refractivity (Wildman–Crippen MR) is 92.5 cm³/mol. The molecule has 1 aliphatic carbocycles. The number of nitrogens with one attached hydrogen (secondary N) is 2. The Kier molecular flexibility index (Phi) is 5.45. The standard InChI is InChI=1S/C18H26N4O2/c1-13-4-7-16(20-9-13)21-18(24)15-3-2-8-22(12-15)17(23)11-19-10-14-5-6-14/h4,7,9,14-15,19H,2-3,5-6,8,10-12H2,1H3,(H,20,21,24). The van der Waals surface area contributed by atoms with Gasteiger partial charge < -0.3 is 15.5 Å². The fraction of sp³-hybridized carbons (Fsp3) is 0.611. The highest BCUT2D eigenvalue weighted by Gasteiger charge is 2.29. The monoisotopic (exact) mass is 330 g/mol. The van der Waals surface area contributed by atoms with Crippen LogP contribution in [0.25, 0.3) is 0 Å². The van der Waals surface area contributed by atoms with Crippen LogP contribution in [0.3, 0.4) is 0 Å². The van der Waals surface area contributed by atoms with Gasteiger partial charge in [0.1, 0.15) is 5.82 Å². The summed E-state index contributed by atoms with van der Waals surface area (Å²) in [5, 5.41) is 6.09. The molecule has 0 radical (unpaired) electrons. The van der Waals surface area contributed by atoms with Gasteiger partial charge in [-0.15, -0.1) is 0 Å². The minimum absolute atomic E-state index is 0.0465. The molecule has 2 amide bonds. The first-order chi connectivity index (χ1) is 11.6. The summed E-state index contributed by atoms with van der Waals surface area (Å²) < 4.78 is 0. The Morgan fingerprint density at radius 2 is 2.12 bits per heavy atom. The van der Waals surface area contributed by atoms with Gasteiger partial charge in [-0.3, -0.25) is 9.59 Å².